The van der Waals surface area contributed by atoms with Gasteiger partial charge in [0.05, 0.1) is 36.0 Å². The second-order valence-corrected chi connectivity index (χ2v) is 13.0. The normalized spacial score (nSPS) is 17.8. The molecule has 0 aromatic heterocycles. The Hall–Kier alpha value is -3.25. The van der Waals surface area contributed by atoms with Crippen LogP contribution in [0, 0.1) is 13.8 Å². The maximum atomic E-state index is 13.1. The Morgan fingerprint density at radius 2 is 1.35 bits per heavy atom. The molecule has 214 valence electrons. The van der Waals surface area contributed by atoms with E-state index < -0.39 is 32.4 Å². The molecule has 1 aliphatic rings. The third-order valence-corrected chi connectivity index (χ3v) is 9.47. The Morgan fingerprint density at radius 3 is 1.90 bits per heavy atom. The number of aryl methyl sites for hydroxylation is 2. The summed E-state index contributed by atoms with van der Waals surface area (Å²) in [6.45, 7) is 3.81. The Bertz CT molecular complexity index is 1520. The maximum Gasteiger partial charge on any atom is 0.297 e. The molecule has 0 spiro atoms. The van der Waals surface area contributed by atoms with Crippen molar-refractivity contribution in [2.24, 2.45) is 0 Å². The van der Waals surface area contributed by atoms with Gasteiger partial charge in [-0.05, 0) is 68.7 Å². The van der Waals surface area contributed by atoms with Gasteiger partial charge >= 0.3 is 0 Å². The van der Waals surface area contributed by atoms with Gasteiger partial charge < -0.3 is 9.64 Å². The summed E-state index contributed by atoms with van der Waals surface area (Å²) in [5, 5.41) is 0. The van der Waals surface area contributed by atoms with Crippen molar-refractivity contribution in [3.05, 3.63) is 89.5 Å². The van der Waals surface area contributed by atoms with Crippen LogP contribution in [0.15, 0.2) is 82.6 Å². The molecule has 0 N–H and O–H groups in total. The number of hydrogen-bond acceptors (Lipinski definition) is 8. The van der Waals surface area contributed by atoms with Gasteiger partial charge in [-0.3, -0.25) is 13.2 Å². The molecule has 0 radical (unpaired) electrons. The second kappa shape index (κ2) is 12.5. The molecule has 0 unspecified atom stereocenters. The third-order valence-electron chi connectivity index (χ3n) is 6.79. The highest BCUT2D eigenvalue weighted by molar-refractivity contribution is 7.87. The largest absolute Gasteiger partial charge is 0.497 e. The zero-order chi connectivity index (χ0) is 28.9. The van der Waals surface area contributed by atoms with E-state index in [-0.39, 0.29) is 48.1 Å². The minimum absolute atomic E-state index is 0.00503. The minimum Gasteiger partial charge on any atom is -0.497 e. The van der Waals surface area contributed by atoms with Crippen molar-refractivity contribution in [2.75, 3.05) is 13.7 Å². The highest BCUT2D eigenvalue weighted by Crippen LogP contribution is 2.31. The van der Waals surface area contributed by atoms with Gasteiger partial charge in [0.2, 0.25) is 5.91 Å². The molecule has 2 atom stereocenters. The maximum absolute atomic E-state index is 13.1. The van der Waals surface area contributed by atoms with Crippen molar-refractivity contribution in [2.45, 2.75) is 61.6 Å². The summed E-state index contributed by atoms with van der Waals surface area (Å²) in [6, 6.07) is 19.2. The van der Waals surface area contributed by atoms with Crippen LogP contribution in [0.25, 0.3) is 0 Å². The van der Waals surface area contributed by atoms with E-state index in [0.717, 1.165) is 16.7 Å². The van der Waals surface area contributed by atoms with Crippen LogP contribution in [-0.4, -0.2) is 53.5 Å². The zero-order valence-electron chi connectivity index (χ0n) is 22.6. The third kappa shape index (κ3) is 7.28. The van der Waals surface area contributed by atoms with Crippen LogP contribution >= 0.6 is 0 Å². The molecular weight excluding hydrogens is 554 g/mol. The van der Waals surface area contributed by atoms with Gasteiger partial charge in [0.25, 0.3) is 20.2 Å². The lowest BCUT2D eigenvalue weighted by atomic mass is 10.1. The number of ether oxygens (including phenoxy) is 1. The first-order valence-corrected chi connectivity index (χ1v) is 15.7. The molecule has 1 saturated heterocycles. The average molecular weight is 588 g/mol. The molecule has 3 aromatic carbocycles. The zero-order valence-corrected chi connectivity index (χ0v) is 24.3. The number of hydrogen-bond donors (Lipinski definition) is 0. The van der Waals surface area contributed by atoms with Gasteiger partial charge in [-0.15, -0.1) is 0 Å². The highest BCUT2D eigenvalue weighted by Gasteiger charge is 2.42. The van der Waals surface area contributed by atoms with Crippen LogP contribution < -0.4 is 4.74 Å². The van der Waals surface area contributed by atoms with E-state index in [1.807, 2.05) is 26.0 Å². The topological polar surface area (TPSA) is 116 Å². The molecule has 0 aliphatic carbocycles. The summed E-state index contributed by atoms with van der Waals surface area (Å²) in [7, 11) is -6.53. The predicted molar refractivity (Wildman–Crippen MR) is 149 cm³/mol. The van der Waals surface area contributed by atoms with Crippen molar-refractivity contribution < 1.29 is 34.7 Å². The highest BCUT2D eigenvalue weighted by atomic mass is 32.2. The number of likely N-dealkylation sites (tertiary alicyclic amines) is 1. The molecule has 1 fully saturated rings. The molecule has 1 aliphatic heterocycles. The first-order valence-electron chi connectivity index (χ1n) is 12.9. The Morgan fingerprint density at radius 1 is 0.800 bits per heavy atom. The lowest BCUT2D eigenvalue weighted by Crippen LogP contribution is -2.38. The standard InChI is InChI=1S/C29H33NO8S2/c1-21-6-14-25(15-7-21)39(32,33)37-18-4-5-27-28(38-40(34,35)26-16-8-22(2)9-17-26)19-29(31)30(27)20-23-10-12-24(36-3)13-11-23/h6-17,27-28H,4-5,18-20H2,1-3H3/t27-,28+/m1/s1. The Kier molecular flexibility index (Phi) is 9.29. The first-order chi connectivity index (χ1) is 19.0. The van der Waals surface area contributed by atoms with E-state index >= 15 is 0 Å². The van der Waals surface area contributed by atoms with Crippen molar-refractivity contribution in [1.82, 2.24) is 4.90 Å². The van der Waals surface area contributed by atoms with E-state index in [4.69, 9.17) is 13.1 Å². The molecule has 40 heavy (non-hydrogen) atoms. The van der Waals surface area contributed by atoms with E-state index in [1.165, 1.54) is 24.3 Å². The molecule has 4 rings (SSSR count). The molecule has 9 nitrogen and oxygen atoms in total. The summed E-state index contributed by atoms with van der Waals surface area (Å²) in [4.78, 5) is 14.7. The molecular formula is C29H33NO8S2. The second-order valence-electron chi connectivity index (χ2n) is 9.77. The number of benzene rings is 3. The van der Waals surface area contributed by atoms with E-state index in [0.29, 0.717) is 5.75 Å². The monoisotopic (exact) mass is 587 g/mol. The van der Waals surface area contributed by atoms with Gasteiger partial charge in [-0.25, -0.2) is 0 Å². The predicted octanol–water partition coefficient (Wildman–Crippen LogP) is 4.37. The summed E-state index contributed by atoms with van der Waals surface area (Å²) in [6.07, 6.45) is -0.522. The average Bonchev–Trinajstić information content (AvgIpc) is 3.20. The fourth-order valence-electron chi connectivity index (χ4n) is 4.54. The summed E-state index contributed by atoms with van der Waals surface area (Å²) in [5.74, 6) is 0.420. The number of amides is 1. The van der Waals surface area contributed by atoms with Gasteiger partial charge in [-0.2, -0.15) is 16.8 Å². The van der Waals surface area contributed by atoms with Crippen molar-refractivity contribution in [1.29, 1.82) is 0 Å². The van der Waals surface area contributed by atoms with Gasteiger partial charge in [0.1, 0.15) is 11.9 Å². The van der Waals surface area contributed by atoms with Gasteiger partial charge in [-0.1, -0.05) is 47.5 Å². The molecule has 3 aromatic rings. The SMILES string of the molecule is COc1ccc(CN2C(=O)C[C@H](OS(=O)(=O)c3ccc(C)cc3)[C@H]2CCCOS(=O)(=O)c2ccc(C)cc2)cc1. The summed E-state index contributed by atoms with van der Waals surface area (Å²) < 4.78 is 67.3. The number of nitrogens with zero attached hydrogens (tertiary/aromatic N) is 1. The van der Waals surface area contributed by atoms with Crippen LogP contribution in [0.1, 0.15) is 36.0 Å². The quantitative estimate of drug-likeness (QED) is 0.227. The van der Waals surface area contributed by atoms with Crippen LogP contribution in [0.3, 0.4) is 0 Å². The smallest absolute Gasteiger partial charge is 0.297 e. The molecule has 1 heterocycles. The molecule has 0 saturated carbocycles. The number of carbonyl (C=O) groups is 1. The Balaban J connectivity index is 1.49. The van der Waals surface area contributed by atoms with Crippen LogP contribution in [-0.2, 0) is 39.9 Å². The minimum atomic E-state index is -4.14. The van der Waals surface area contributed by atoms with Gasteiger partial charge in [0.15, 0.2) is 0 Å². The van der Waals surface area contributed by atoms with E-state index in [2.05, 4.69) is 0 Å². The molecule has 11 heteroatoms. The van der Waals surface area contributed by atoms with E-state index in [1.54, 1.807) is 48.4 Å². The summed E-state index contributed by atoms with van der Waals surface area (Å²) >= 11 is 0. The number of carbonyl (C=O) groups excluding carboxylic acids is 1. The van der Waals surface area contributed by atoms with Gasteiger partial charge in [0, 0.05) is 6.54 Å². The van der Waals surface area contributed by atoms with Crippen LogP contribution in [0.4, 0.5) is 0 Å². The van der Waals surface area contributed by atoms with Crippen molar-refractivity contribution in [3.63, 3.8) is 0 Å². The molecule has 1 amide bonds. The lowest BCUT2D eigenvalue weighted by Gasteiger charge is -2.28. The van der Waals surface area contributed by atoms with Crippen molar-refractivity contribution in [3.8, 4) is 5.75 Å². The first kappa shape index (κ1) is 29.7. The van der Waals surface area contributed by atoms with Crippen molar-refractivity contribution >= 4 is 26.1 Å². The van der Waals surface area contributed by atoms with Crippen LogP contribution in [0.5, 0.6) is 5.75 Å². The van der Waals surface area contributed by atoms with Crippen LogP contribution in [0.2, 0.25) is 0 Å². The Labute approximate surface area is 235 Å². The number of methoxy groups -OCH3 is 1. The van der Waals surface area contributed by atoms with E-state index in [9.17, 15) is 21.6 Å². The molecule has 0 bridgehead atoms. The fourth-order valence-corrected chi connectivity index (χ4v) is 6.59. The fraction of sp³-hybridized carbons (Fsp3) is 0.345. The summed E-state index contributed by atoms with van der Waals surface area (Å²) in [5.41, 5.74) is 2.66. The lowest BCUT2D eigenvalue weighted by molar-refractivity contribution is -0.129. The number of rotatable bonds is 12.